The normalized spacial score (nSPS) is 24.5. The highest BCUT2D eigenvalue weighted by molar-refractivity contribution is 5.55. The first-order chi connectivity index (χ1) is 16.1. The number of nitrogens with zero attached hydrogens (tertiary/aromatic N) is 1. The highest BCUT2D eigenvalue weighted by Crippen LogP contribution is 2.55. The Labute approximate surface area is 195 Å². The number of methoxy groups -OCH3 is 2. The number of hydrogen-bond acceptors (Lipinski definition) is 4. The molecule has 0 aliphatic carbocycles. The predicted octanol–water partition coefficient (Wildman–Crippen LogP) is 5.02. The summed E-state index contributed by atoms with van der Waals surface area (Å²) in [5.41, 5.74) is 6.77. The summed E-state index contributed by atoms with van der Waals surface area (Å²) in [5.74, 6) is 3.44. The second kappa shape index (κ2) is 7.70. The van der Waals surface area contributed by atoms with Crippen molar-refractivity contribution in [2.45, 2.75) is 31.3 Å². The molecule has 5 nitrogen and oxygen atoms in total. The molecule has 3 aromatic rings. The molecule has 33 heavy (non-hydrogen) atoms. The van der Waals surface area contributed by atoms with Crippen LogP contribution in [0.15, 0.2) is 54.6 Å². The Morgan fingerprint density at radius 2 is 1.73 bits per heavy atom. The van der Waals surface area contributed by atoms with Gasteiger partial charge in [0.25, 0.3) is 0 Å². The molecule has 170 valence electrons. The average Bonchev–Trinajstić information content (AvgIpc) is 3.30. The van der Waals surface area contributed by atoms with Crippen molar-refractivity contribution in [3.63, 3.8) is 0 Å². The maximum absolute atomic E-state index is 5.99. The Balaban J connectivity index is 1.54. The molecular formula is C28H30NO4+. The van der Waals surface area contributed by atoms with Crippen molar-refractivity contribution in [1.29, 1.82) is 0 Å². The van der Waals surface area contributed by atoms with Crippen molar-refractivity contribution in [2.24, 2.45) is 0 Å². The summed E-state index contributed by atoms with van der Waals surface area (Å²) in [5, 5.41) is 0. The van der Waals surface area contributed by atoms with Gasteiger partial charge in [-0.3, -0.25) is 0 Å². The van der Waals surface area contributed by atoms with Gasteiger partial charge < -0.3 is 23.4 Å². The smallest absolute Gasteiger partial charge is 0.231 e. The van der Waals surface area contributed by atoms with Crippen molar-refractivity contribution in [3.05, 3.63) is 82.4 Å². The van der Waals surface area contributed by atoms with Crippen molar-refractivity contribution in [2.75, 3.05) is 34.6 Å². The first-order valence-electron chi connectivity index (χ1n) is 11.7. The molecule has 1 unspecified atom stereocenters. The van der Waals surface area contributed by atoms with Gasteiger partial charge in [-0.15, -0.1) is 0 Å². The van der Waals surface area contributed by atoms with Crippen LogP contribution in [-0.4, -0.2) is 39.1 Å². The Bertz CT molecular complexity index is 1210. The van der Waals surface area contributed by atoms with E-state index in [1.807, 2.05) is 0 Å². The van der Waals surface area contributed by atoms with E-state index in [0.717, 1.165) is 53.3 Å². The van der Waals surface area contributed by atoms with Gasteiger partial charge in [0.2, 0.25) is 6.79 Å². The van der Waals surface area contributed by atoms with Gasteiger partial charge >= 0.3 is 0 Å². The summed E-state index contributed by atoms with van der Waals surface area (Å²) >= 11 is 0. The molecule has 3 aliphatic rings. The molecule has 5 heteroatoms. The molecule has 3 heterocycles. The van der Waals surface area contributed by atoms with E-state index in [1.54, 1.807) is 14.2 Å². The third-order valence-electron chi connectivity index (χ3n) is 7.97. The van der Waals surface area contributed by atoms with Gasteiger partial charge in [-0.2, -0.15) is 0 Å². The van der Waals surface area contributed by atoms with Gasteiger partial charge in [-0.1, -0.05) is 36.4 Å². The van der Waals surface area contributed by atoms with Crippen LogP contribution in [0.4, 0.5) is 0 Å². The summed E-state index contributed by atoms with van der Waals surface area (Å²) in [7, 11) is 5.90. The van der Waals surface area contributed by atoms with E-state index in [2.05, 4.69) is 61.6 Å². The number of ether oxygens (including phenoxy) is 4. The molecule has 6 rings (SSSR count). The van der Waals surface area contributed by atoms with E-state index in [0.29, 0.717) is 12.8 Å². The van der Waals surface area contributed by atoms with Crippen LogP contribution in [-0.2, 0) is 19.3 Å². The number of likely N-dealkylation sites (N-methyl/N-ethyl adjacent to an activating group) is 1. The largest absolute Gasteiger partial charge is 0.493 e. The average molecular weight is 445 g/mol. The number of quaternary nitrogens is 1. The lowest BCUT2D eigenvalue weighted by Crippen LogP contribution is -2.57. The van der Waals surface area contributed by atoms with Crippen molar-refractivity contribution in [1.82, 2.24) is 0 Å². The molecule has 0 bridgehead atoms. The molecule has 3 aliphatic heterocycles. The molecule has 0 saturated carbocycles. The zero-order valence-corrected chi connectivity index (χ0v) is 19.5. The van der Waals surface area contributed by atoms with Gasteiger partial charge in [0, 0.05) is 24.8 Å². The maximum Gasteiger partial charge on any atom is 0.231 e. The maximum atomic E-state index is 5.99. The first kappa shape index (κ1) is 20.4. The third-order valence-corrected chi connectivity index (χ3v) is 7.97. The summed E-state index contributed by atoms with van der Waals surface area (Å²) in [6, 6.07) is 20.2. The van der Waals surface area contributed by atoms with Crippen LogP contribution in [0.5, 0.6) is 23.0 Å². The zero-order chi connectivity index (χ0) is 22.6. The van der Waals surface area contributed by atoms with Crippen LogP contribution in [0.1, 0.15) is 39.9 Å². The minimum atomic E-state index is 0.254. The Hall–Kier alpha value is -3.18. The van der Waals surface area contributed by atoms with Gasteiger partial charge in [0.1, 0.15) is 12.1 Å². The second-order valence-corrected chi connectivity index (χ2v) is 9.52. The molecule has 0 aromatic heterocycles. The fourth-order valence-electron chi connectivity index (χ4n) is 6.24. The highest BCUT2D eigenvalue weighted by Gasteiger charge is 2.51. The van der Waals surface area contributed by atoms with Crippen LogP contribution in [0.25, 0.3) is 0 Å². The molecule has 0 fully saturated rings. The van der Waals surface area contributed by atoms with Gasteiger partial charge in [-0.05, 0) is 34.9 Å². The molecule has 0 N–H and O–H groups in total. The number of hydrogen-bond donors (Lipinski definition) is 0. The van der Waals surface area contributed by atoms with Crippen LogP contribution in [0, 0.1) is 0 Å². The number of benzene rings is 3. The Morgan fingerprint density at radius 3 is 2.48 bits per heavy atom. The lowest BCUT2D eigenvalue weighted by atomic mass is 9.76. The van der Waals surface area contributed by atoms with Crippen LogP contribution in [0.3, 0.4) is 0 Å². The van der Waals surface area contributed by atoms with Crippen LogP contribution < -0.4 is 18.9 Å². The molecule has 3 aromatic carbocycles. The van der Waals surface area contributed by atoms with Crippen molar-refractivity contribution >= 4 is 0 Å². The monoisotopic (exact) mass is 444 g/mol. The topological polar surface area (TPSA) is 36.9 Å². The van der Waals surface area contributed by atoms with Crippen molar-refractivity contribution in [3.8, 4) is 23.0 Å². The summed E-state index contributed by atoms with van der Waals surface area (Å²) < 4.78 is 24.1. The van der Waals surface area contributed by atoms with Crippen LogP contribution in [0.2, 0.25) is 0 Å². The van der Waals surface area contributed by atoms with E-state index < -0.39 is 0 Å². The standard InChI is InChI=1S/C28H30NO4/c1-29-12-11-19-15-25-26(33-17-32-25)16-21(19)22(29)14-20-9-10-24(30-2)28(31-3)27(20)23(29)13-18-7-5-4-6-8-18/h4-10,15-16,22-23H,11-14,17H2,1-3H3/q+1/t22-,23-,29?/m0/s1. The first-order valence-corrected chi connectivity index (χ1v) is 11.7. The van der Waals surface area contributed by atoms with Gasteiger partial charge in [-0.25, -0.2) is 0 Å². The van der Waals surface area contributed by atoms with E-state index in [1.165, 1.54) is 27.8 Å². The molecule has 3 atom stereocenters. The summed E-state index contributed by atoms with van der Waals surface area (Å²) in [6.45, 7) is 1.38. The number of rotatable bonds is 4. The summed E-state index contributed by atoms with van der Waals surface area (Å²) in [6.07, 6.45) is 2.93. The lowest BCUT2D eigenvalue weighted by Gasteiger charge is -2.54. The summed E-state index contributed by atoms with van der Waals surface area (Å²) in [4.78, 5) is 0. The zero-order valence-electron chi connectivity index (χ0n) is 19.5. The Kier molecular flexibility index (Phi) is 4.77. The second-order valence-electron chi connectivity index (χ2n) is 9.52. The van der Waals surface area contributed by atoms with Gasteiger partial charge in [0.05, 0.1) is 33.4 Å². The van der Waals surface area contributed by atoms with E-state index >= 15 is 0 Å². The quantitative estimate of drug-likeness (QED) is 0.530. The van der Waals surface area contributed by atoms with E-state index in [4.69, 9.17) is 18.9 Å². The fraction of sp³-hybridized carbons (Fsp3) is 0.357. The third kappa shape index (κ3) is 3.10. The minimum absolute atomic E-state index is 0.254. The molecule has 0 saturated heterocycles. The van der Waals surface area contributed by atoms with E-state index in [-0.39, 0.29) is 6.04 Å². The Morgan fingerprint density at radius 1 is 0.939 bits per heavy atom. The molecule has 0 amide bonds. The lowest BCUT2D eigenvalue weighted by molar-refractivity contribution is -0.972. The highest BCUT2D eigenvalue weighted by atomic mass is 16.7. The fourth-order valence-corrected chi connectivity index (χ4v) is 6.24. The predicted molar refractivity (Wildman–Crippen MR) is 126 cm³/mol. The van der Waals surface area contributed by atoms with Gasteiger partial charge in [0.15, 0.2) is 23.0 Å². The van der Waals surface area contributed by atoms with Crippen LogP contribution >= 0.6 is 0 Å². The minimum Gasteiger partial charge on any atom is -0.493 e. The SMILES string of the molecule is COc1ccc2c(c1OC)[C@H](Cc1ccccc1)[N+]1(C)CCc3cc4c(cc3[C@@H]1C2)OCO4. The van der Waals surface area contributed by atoms with Crippen molar-refractivity contribution < 1.29 is 23.4 Å². The molecule has 0 spiro atoms. The molecular weight excluding hydrogens is 414 g/mol. The van der Waals surface area contributed by atoms with E-state index in [9.17, 15) is 0 Å². The molecule has 0 radical (unpaired) electrons. The number of fused-ring (bicyclic) bond motifs is 5.